The maximum atomic E-state index is 11.5. The van der Waals surface area contributed by atoms with E-state index in [-0.39, 0.29) is 6.80 Å². The van der Waals surface area contributed by atoms with Gasteiger partial charge in [0.05, 0.1) is 21.1 Å². The van der Waals surface area contributed by atoms with Crippen LogP contribution in [0.25, 0.3) is 0 Å². The molecule has 0 rings (SSSR count). The number of rotatable bonds is 1. The van der Waals surface area contributed by atoms with Crippen LogP contribution in [0.4, 0.5) is 4.39 Å². The van der Waals surface area contributed by atoms with E-state index in [0.29, 0.717) is 4.48 Å². The van der Waals surface area contributed by atoms with Crippen molar-refractivity contribution in [1.82, 2.24) is 0 Å². The van der Waals surface area contributed by atoms with Crippen molar-refractivity contribution in [2.24, 2.45) is 0 Å². The number of quaternary nitrogens is 1. The van der Waals surface area contributed by atoms with Crippen molar-refractivity contribution in [2.45, 2.75) is 0 Å². The van der Waals surface area contributed by atoms with Gasteiger partial charge in [0.2, 0.25) is 6.80 Å². The Morgan fingerprint density at radius 3 is 1.50 bits per heavy atom. The maximum absolute atomic E-state index is 11.5. The van der Waals surface area contributed by atoms with E-state index < -0.39 is 0 Å². The summed E-state index contributed by atoms with van der Waals surface area (Å²) in [7, 11) is 5.42. The summed E-state index contributed by atoms with van der Waals surface area (Å²) < 4.78 is 11.9. The van der Waals surface area contributed by atoms with Gasteiger partial charge in [0.15, 0.2) is 0 Å². The van der Waals surface area contributed by atoms with Gasteiger partial charge in [-0.1, -0.05) is 0 Å². The van der Waals surface area contributed by atoms with E-state index >= 15 is 0 Å². The van der Waals surface area contributed by atoms with Crippen molar-refractivity contribution in [1.29, 1.82) is 0 Å². The predicted octanol–water partition coefficient (Wildman–Crippen LogP) is 0.620. The van der Waals surface area contributed by atoms with Crippen LogP contribution in [-0.4, -0.2) is 32.4 Å². The third-order valence-electron chi connectivity index (χ3n) is 0.359. The lowest BCUT2D eigenvalue weighted by molar-refractivity contribution is -0.883. The van der Waals surface area contributed by atoms with Crippen LogP contribution in [0.2, 0.25) is 0 Å². The first-order valence-corrected chi connectivity index (χ1v) is 1.93. The van der Waals surface area contributed by atoms with Crippen molar-refractivity contribution in [3.63, 3.8) is 0 Å². The van der Waals surface area contributed by atoms with E-state index in [2.05, 4.69) is 0 Å². The highest BCUT2D eigenvalue weighted by molar-refractivity contribution is 3.95. The molecule has 0 aliphatic carbocycles. The summed E-state index contributed by atoms with van der Waals surface area (Å²) in [6.07, 6.45) is 0. The number of hydrogen-bond donors (Lipinski definition) is 0. The smallest absolute Gasteiger partial charge is 0.221 e. The molecule has 0 N–H and O–H groups in total. The molecule has 0 bridgehead atoms. The second-order valence-electron chi connectivity index (χ2n) is 2.41. The van der Waals surface area contributed by atoms with E-state index in [1.807, 2.05) is 0 Å². The molecule has 0 fully saturated rings. The number of hydrogen-bond acceptors (Lipinski definition) is 0. The molecule has 0 amide bonds. The lowest BCUT2D eigenvalue weighted by Gasteiger charge is -2.17. The zero-order chi connectivity index (χ0) is 5.21. The van der Waals surface area contributed by atoms with Gasteiger partial charge >= 0.3 is 0 Å². The van der Waals surface area contributed by atoms with Crippen LogP contribution in [0.5, 0.6) is 0 Å². The maximum Gasteiger partial charge on any atom is 0.221 e. The Morgan fingerprint density at radius 1 is 1.33 bits per heavy atom. The van der Waals surface area contributed by atoms with E-state index in [9.17, 15) is 4.39 Å². The van der Waals surface area contributed by atoms with Crippen LogP contribution in [0.15, 0.2) is 0 Å². The molecule has 0 aromatic carbocycles. The fraction of sp³-hybridized carbons (Fsp3) is 1.00. The van der Waals surface area contributed by atoms with E-state index in [4.69, 9.17) is 0 Å². The molecule has 6 heavy (non-hydrogen) atoms. The highest BCUT2D eigenvalue weighted by Gasteiger charge is 2.00. The summed E-state index contributed by atoms with van der Waals surface area (Å²) in [6.45, 7) is -0.292. The van der Waals surface area contributed by atoms with E-state index in [0.717, 1.165) is 0 Å². The average Bonchev–Trinajstić information content (AvgIpc) is 1.35. The summed E-state index contributed by atoms with van der Waals surface area (Å²) in [5, 5.41) is 0. The quantitative estimate of drug-likeness (QED) is 0.328. The highest BCUT2D eigenvalue weighted by Crippen LogP contribution is 1.86. The SMILES string of the molecule is C[N+](C)(C)CF. The minimum absolute atomic E-state index is 0.292. The Bertz CT molecular complexity index is 37.3. The van der Waals surface area contributed by atoms with Crippen molar-refractivity contribution < 1.29 is 8.87 Å². The Hall–Kier alpha value is -0.110. The van der Waals surface area contributed by atoms with Crippen molar-refractivity contribution in [3.8, 4) is 0 Å². The summed E-state index contributed by atoms with van der Waals surface area (Å²) in [5.41, 5.74) is 0. The van der Waals surface area contributed by atoms with Gasteiger partial charge in [0.1, 0.15) is 0 Å². The molecule has 2 heteroatoms. The molecular formula is C4H11FN+. The fourth-order valence-corrected chi connectivity index (χ4v) is 0. The van der Waals surface area contributed by atoms with Gasteiger partial charge in [0, 0.05) is 0 Å². The average molecular weight is 92.1 g/mol. The first kappa shape index (κ1) is 5.89. The Morgan fingerprint density at radius 2 is 1.50 bits per heavy atom. The molecule has 0 radical (unpaired) electrons. The summed E-state index contributed by atoms with van der Waals surface area (Å²) in [5.74, 6) is 0. The van der Waals surface area contributed by atoms with E-state index in [1.165, 1.54) is 0 Å². The van der Waals surface area contributed by atoms with E-state index in [1.54, 1.807) is 21.1 Å². The van der Waals surface area contributed by atoms with Crippen LogP contribution in [0, 0.1) is 0 Å². The van der Waals surface area contributed by atoms with Crippen molar-refractivity contribution in [2.75, 3.05) is 27.9 Å². The van der Waals surface area contributed by atoms with Crippen molar-refractivity contribution in [3.05, 3.63) is 0 Å². The molecule has 0 aromatic rings. The number of halogens is 1. The van der Waals surface area contributed by atoms with Gasteiger partial charge in [-0.05, 0) is 0 Å². The van der Waals surface area contributed by atoms with Gasteiger partial charge in [-0.3, -0.25) is 0 Å². The molecule has 0 heterocycles. The Kier molecular flexibility index (Phi) is 1.53. The first-order chi connectivity index (χ1) is 2.56. The van der Waals surface area contributed by atoms with Gasteiger partial charge in [-0.2, -0.15) is 4.39 Å². The number of nitrogens with zero attached hydrogens (tertiary/aromatic N) is 1. The molecule has 0 unspecified atom stereocenters. The minimum atomic E-state index is -0.292. The molecule has 0 saturated carbocycles. The summed E-state index contributed by atoms with van der Waals surface area (Å²) in [6, 6.07) is 0. The molecule has 0 aromatic heterocycles. The van der Waals surface area contributed by atoms with Crippen LogP contribution in [0.1, 0.15) is 0 Å². The van der Waals surface area contributed by atoms with Gasteiger partial charge in [-0.25, -0.2) is 0 Å². The predicted molar refractivity (Wildman–Crippen MR) is 24.0 cm³/mol. The Balaban J connectivity index is 3.17. The number of alkyl halides is 1. The lowest BCUT2D eigenvalue weighted by Crippen LogP contribution is -2.32. The normalized spacial score (nSPS) is 12.0. The zero-order valence-corrected chi connectivity index (χ0v) is 4.53. The first-order valence-electron chi connectivity index (χ1n) is 1.93. The van der Waals surface area contributed by atoms with Crippen LogP contribution in [-0.2, 0) is 0 Å². The third kappa shape index (κ3) is 3.89. The van der Waals surface area contributed by atoms with Gasteiger partial charge in [-0.15, -0.1) is 0 Å². The summed E-state index contributed by atoms with van der Waals surface area (Å²) >= 11 is 0. The molecule has 38 valence electrons. The van der Waals surface area contributed by atoms with Gasteiger partial charge < -0.3 is 4.48 Å². The molecule has 0 aliphatic rings. The largest absolute Gasteiger partial charge is 0.305 e. The van der Waals surface area contributed by atoms with Crippen molar-refractivity contribution >= 4 is 0 Å². The second-order valence-corrected chi connectivity index (χ2v) is 2.41. The molecule has 1 nitrogen and oxygen atoms in total. The third-order valence-corrected chi connectivity index (χ3v) is 0.359. The lowest BCUT2D eigenvalue weighted by atomic mass is 10.8. The standard InChI is InChI=1S/C4H11FN/c1-6(2,3)4-5/h4H2,1-3H3/q+1. The van der Waals surface area contributed by atoms with Gasteiger partial charge in [0.25, 0.3) is 0 Å². The van der Waals surface area contributed by atoms with Crippen LogP contribution >= 0.6 is 0 Å². The van der Waals surface area contributed by atoms with Crippen LogP contribution in [0.3, 0.4) is 0 Å². The molecule has 0 atom stereocenters. The molecule has 0 aliphatic heterocycles. The monoisotopic (exact) mass is 92.1 g/mol. The Labute approximate surface area is 38.0 Å². The molecule has 0 spiro atoms. The molecule has 0 saturated heterocycles. The summed E-state index contributed by atoms with van der Waals surface area (Å²) in [4.78, 5) is 0. The topological polar surface area (TPSA) is 0 Å². The zero-order valence-electron chi connectivity index (χ0n) is 4.53. The second kappa shape index (κ2) is 1.56. The van der Waals surface area contributed by atoms with Crippen LogP contribution < -0.4 is 0 Å². The minimum Gasteiger partial charge on any atom is -0.305 e. The highest BCUT2D eigenvalue weighted by atomic mass is 19.1. The fourth-order valence-electron chi connectivity index (χ4n) is 0. The molecular weight excluding hydrogens is 81.0 g/mol.